The van der Waals surface area contributed by atoms with Gasteiger partial charge in [-0.1, -0.05) is 18.6 Å². The predicted octanol–water partition coefficient (Wildman–Crippen LogP) is 2.46. The van der Waals surface area contributed by atoms with Crippen LogP contribution in [0.5, 0.6) is 0 Å². The zero-order chi connectivity index (χ0) is 13.9. The van der Waals surface area contributed by atoms with E-state index in [2.05, 4.69) is 5.32 Å². The highest BCUT2D eigenvalue weighted by molar-refractivity contribution is 5.82. The van der Waals surface area contributed by atoms with Gasteiger partial charge >= 0.3 is 0 Å². The summed E-state index contributed by atoms with van der Waals surface area (Å²) in [4.78, 5) is 14.6. The number of hydrogen-bond acceptors (Lipinski definition) is 2. The molecule has 3 nitrogen and oxygen atoms in total. The van der Waals surface area contributed by atoms with Crippen molar-refractivity contribution in [2.24, 2.45) is 0 Å². The van der Waals surface area contributed by atoms with E-state index >= 15 is 0 Å². The number of benzene rings is 1. The van der Waals surface area contributed by atoms with Crippen molar-refractivity contribution in [2.45, 2.75) is 50.7 Å². The first kappa shape index (κ1) is 13.6. The van der Waals surface area contributed by atoms with Crippen LogP contribution in [0.1, 0.15) is 37.7 Å². The van der Waals surface area contributed by atoms with E-state index in [1.807, 2.05) is 11.0 Å². The van der Waals surface area contributed by atoms with Crippen LogP contribution >= 0.6 is 0 Å². The molecular formula is C16H21FN2O. The molecule has 1 aromatic rings. The smallest absolute Gasteiger partial charge is 0.240 e. The Morgan fingerprint density at radius 3 is 2.80 bits per heavy atom. The fourth-order valence-electron chi connectivity index (χ4n) is 2.87. The maximum absolute atomic E-state index is 13.3. The molecule has 0 radical (unpaired) electrons. The van der Waals surface area contributed by atoms with Crippen LogP contribution in [0, 0.1) is 5.82 Å². The van der Waals surface area contributed by atoms with Crippen molar-refractivity contribution in [3.05, 3.63) is 35.6 Å². The van der Waals surface area contributed by atoms with Gasteiger partial charge < -0.3 is 10.2 Å². The van der Waals surface area contributed by atoms with Crippen molar-refractivity contribution >= 4 is 5.91 Å². The van der Waals surface area contributed by atoms with Gasteiger partial charge in [0, 0.05) is 12.6 Å². The molecule has 0 bridgehead atoms. The highest BCUT2D eigenvalue weighted by atomic mass is 19.1. The number of halogens is 1. The fourth-order valence-corrected chi connectivity index (χ4v) is 2.87. The highest BCUT2D eigenvalue weighted by Crippen LogP contribution is 2.29. The summed E-state index contributed by atoms with van der Waals surface area (Å²) in [5.74, 6) is -0.0436. The van der Waals surface area contributed by atoms with Gasteiger partial charge in [0.05, 0.1) is 6.04 Å². The van der Waals surface area contributed by atoms with Crippen molar-refractivity contribution in [1.82, 2.24) is 10.2 Å². The Kier molecular flexibility index (Phi) is 4.01. The molecule has 1 saturated carbocycles. The Bertz CT molecular complexity index is 481. The lowest BCUT2D eigenvalue weighted by molar-refractivity contribution is -0.135. The molecule has 1 aliphatic carbocycles. The Hall–Kier alpha value is -1.42. The van der Waals surface area contributed by atoms with Crippen molar-refractivity contribution in [2.75, 3.05) is 6.54 Å². The zero-order valence-electron chi connectivity index (χ0n) is 11.6. The first-order chi connectivity index (χ1) is 9.74. The molecule has 108 valence electrons. The first-order valence-electron chi connectivity index (χ1n) is 7.52. The molecule has 1 atom stereocenters. The molecule has 0 aromatic heterocycles. The molecule has 1 aromatic carbocycles. The monoisotopic (exact) mass is 276 g/mol. The summed E-state index contributed by atoms with van der Waals surface area (Å²) in [6.07, 6.45) is 5.34. The molecule has 0 unspecified atom stereocenters. The second-order valence-corrected chi connectivity index (χ2v) is 5.83. The molecule has 1 heterocycles. The lowest BCUT2D eigenvalue weighted by Crippen LogP contribution is -2.49. The van der Waals surface area contributed by atoms with Crippen molar-refractivity contribution < 1.29 is 9.18 Å². The molecule has 2 fully saturated rings. The van der Waals surface area contributed by atoms with E-state index < -0.39 is 0 Å². The summed E-state index contributed by atoms with van der Waals surface area (Å²) in [6.45, 7) is 1.45. The van der Waals surface area contributed by atoms with Gasteiger partial charge in [-0.2, -0.15) is 0 Å². The van der Waals surface area contributed by atoms with Crippen molar-refractivity contribution in [1.29, 1.82) is 0 Å². The third kappa shape index (κ3) is 3.18. The Labute approximate surface area is 119 Å². The largest absolute Gasteiger partial charge is 0.334 e. The van der Waals surface area contributed by atoms with E-state index in [4.69, 9.17) is 0 Å². The minimum atomic E-state index is -0.235. The van der Waals surface area contributed by atoms with Gasteiger partial charge in [0.1, 0.15) is 5.82 Å². The summed E-state index contributed by atoms with van der Waals surface area (Å²) in [6, 6.07) is 6.87. The highest BCUT2D eigenvalue weighted by Gasteiger charge is 2.36. The molecule has 1 amide bonds. The minimum absolute atomic E-state index is 0.0436. The summed E-state index contributed by atoms with van der Waals surface area (Å²) in [5, 5.41) is 3.31. The van der Waals surface area contributed by atoms with Crippen LogP contribution in [0.15, 0.2) is 24.3 Å². The number of nitrogens with one attached hydrogen (secondary N) is 1. The Balaban J connectivity index is 1.70. The summed E-state index contributed by atoms with van der Waals surface area (Å²) in [7, 11) is 0. The molecule has 4 heteroatoms. The Morgan fingerprint density at radius 1 is 1.30 bits per heavy atom. The van der Waals surface area contributed by atoms with Gasteiger partial charge in [0.2, 0.25) is 5.91 Å². The van der Waals surface area contributed by atoms with Crippen LogP contribution in [0.2, 0.25) is 0 Å². The van der Waals surface area contributed by atoms with Gasteiger partial charge in [-0.05, 0) is 49.9 Å². The number of amides is 1. The first-order valence-corrected chi connectivity index (χ1v) is 7.52. The molecular weight excluding hydrogens is 255 g/mol. The quantitative estimate of drug-likeness (QED) is 0.916. The van der Waals surface area contributed by atoms with Crippen LogP contribution < -0.4 is 5.32 Å². The van der Waals surface area contributed by atoms with E-state index in [0.717, 1.165) is 44.2 Å². The van der Waals surface area contributed by atoms with Crippen LogP contribution in [-0.2, 0) is 11.3 Å². The van der Waals surface area contributed by atoms with Gasteiger partial charge in [0.15, 0.2) is 0 Å². The van der Waals surface area contributed by atoms with Gasteiger partial charge in [0.25, 0.3) is 0 Å². The maximum Gasteiger partial charge on any atom is 0.240 e. The number of piperidine rings is 1. The summed E-state index contributed by atoms with van der Waals surface area (Å²) >= 11 is 0. The third-order valence-corrected chi connectivity index (χ3v) is 4.12. The van der Waals surface area contributed by atoms with Gasteiger partial charge in [-0.15, -0.1) is 0 Å². The van der Waals surface area contributed by atoms with E-state index in [1.54, 1.807) is 6.07 Å². The summed E-state index contributed by atoms with van der Waals surface area (Å²) < 4.78 is 13.3. The number of hydrogen-bond donors (Lipinski definition) is 1. The number of rotatable bonds is 4. The molecule has 1 aliphatic heterocycles. The molecule has 0 spiro atoms. The normalized spacial score (nSPS) is 22.6. The minimum Gasteiger partial charge on any atom is -0.334 e. The predicted molar refractivity (Wildman–Crippen MR) is 75.6 cm³/mol. The van der Waals surface area contributed by atoms with Gasteiger partial charge in [-0.25, -0.2) is 4.39 Å². The SMILES string of the molecule is O=C([C@@H]1CCCCN1)N(Cc1cccc(F)c1)C1CC1. The topological polar surface area (TPSA) is 32.3 Å². The van der Waals surface area contributed by atoms with E-state index in [9.17, 15) is 9.18 Å². The van der Waals surface area contributed by atoms with E-state index in [0.29, 0.717) is 12.6 Å². The molecule has 3 rings (SSSR count). The second-order valence-electron chi connectivity index (χ2n) is 5.83. The van der Waals surface area contributed by atoms with E-state index in [-0.39, 0.29) is 17.8 Å². The summed E-state index contributed by atoms with van der Waals surface area (Å²) in [5.41, 5.74) is 0.876. The van der Waals surface area contributed by atoms with Crippen LogP contribution in [0.4, 0.5) is 4.39 Å². The van der Waals surface area contributed by atoms with Gasteiger partial charge in [-0.3, -0.25) is 4.79 Å². The molecule has 1 N–H and O–H groups in total. The number of nitrogens with zero attached hydrogens (tertiary/aromatic N) is 1. The lowest BCUT2D eigenvalue weighted by Gasteiger charge is -2.30. The second kappa shape index (κ2) is 5.92. The average Bonchev–Trinajstić information content (AvgIpc) is 3.30. The molecule has 1 saturated heterocycles. The third-order valence-electron chi connectivity index (χ3n) is 4.12. The average molecular weight is 276 g/mol. The van der Waals surface area contributed by atoms with Crippen LogP contribution in [-0.4, -0.2) is 29.4 Å². The lowest BCUT2D eigenvalue weighted by atomic mass is 10.0. The van der Waals surface area contributed by atoms with Crippen LogP contribution in [0.3, 0.4) is 0 Å². The molecule has 2 aliphatic rings. The maximum atomic E-state index is 13.3. The number of carbonyl (C=O) groups is 1. The van der Waals surface area contributed by atoms with E-state index in [1.165, 1.54) is 12.1 Å². The van der Waals surface area contributed by atoms with Crippen molar-refractivity contribution in [3.63, 3.8) is 0 Å². The zero-order valence-corrected chi connectivity index (χ0v) is 11.6. The van der Waals surface area contributed by atoms with Crippen LogP contribution in [0.25, 0.3) is 0 Å². The van der Waals surface area contributed by atoms with Crippen molar-refractivity contribution in [3.8, 4) is 0 Å². The standard InChI is InChI=1S/C16H21FN2O/c17-13-5-3-4-12(10-13)11-19(14-7-8-14)16(20)15-6-1-2-9-18-15/h3-5,10,14-15,18H,1-2,6-9,11H2/t15-/m0/s1. The Morgan fingerprint density at radius 2 is 2.15 bits per heavy atom. The number of carbonyl (C=O) groups excluding carboxylic acids is 1. The fraction of sp³-hybridized carbons (Fsp3) is 0.562. The molecule has 20 heavy (non-hydrogen) atoms.